The average Bonchev–Trinajstić information content (AvgIpc) is 2.74. The Balaban J connectivity index is 1.51. The van der Waals surface area contributed by atoms with E-state index < -0.39 is 0 Å². The Morgan fingerprint density at radius 3 is 2.83 bits per heavy atom. The number of rotatable bonds is 4. The van der Waals surface area contributed by atoms with Gasteiger partial charge in [-0.1, -0.05) is 6.07 Å². The van der Waals surface area contributed by atoms with Crippen molar-refractivity contribution >= 4 is 0 Å². The Morgan fingerprint density at radius 1 is 1.28 bits per heavy atom. The van der Waals surface area contributed by atoms with E-state index in [0.29, 0.717) is 5.41 Å². The van der Waals surface area contributed by atoms with Gasteiger partial charge in [-0.15, -0.1) is 0 Å². The molecule has 0 amide bonds. The first kappa shape index (κ1) is 12.1. The van der Waals surface area contributed by atoms with Crippen LogP contribution in [-0.2, 0) is 6.54 Å². The summed E-state index contributed by atoms with van der Waals surface area (Å²) in [5.41, 5.74) is 7.49. The topological polar surface area (TPSA) is 45.4 Å². The van der Waals surface area contributed by atoms with Crippen LogP contribution in [0, 0.1) is 5.41 Å². The summed E-state index contributed by atoms with van der Waals surface area (Å²) < 4.78 is 0. The molecule has 0 radical (unpaired) electrons. The molecule has 2 saturated heterocycles. The lowest BCUT2D eigenvalue weighted by Crippen LogP contribution is -2.58. The molecule has 2 N–H and O–H groups in total. The fourth-order valence-electron chi connectivity index (χ4n) is 3.41. The molecule has 2 fully saturated rings. The fraction of sp³-hybridized carbons (Fsp3) is 0.643. The molecule has 98 valence electrons. The third kappa shape index (κ3) is 2.41. The van der Waals surface area contributed by atoms with Gasteiger partial charge in [0.1, 0.15) is 0 Å². The Morgan fingerprint density at radius 2 is 2.11 bits per heavy atom. The summed E-state index contributed by atoms with van der Waals surface area (Å²) in [6, 6.07) is 4.19. The van der Waals surface area contributed by atoms with E-state index >= 15 is 0 Å². The summed E-state index contributed by atoms with van der Waals surface area (Å²) >= 11 is 0. The summed E-state index contributed by atoms with van der Waals surface area (Å²) in [6.07, 6.45) is 5.16. The summed E-state index contributed by atoms with van der Waals surface area (Å²) in [4.78, 5) is 9.23. The fourth-order valence-corrected chi connectivity index (χ4v) is 3.41. The predicted molar refractivity (Wildman–Crippen MR) is 72.1 cm³/mol. The highest BCUT2D eigenvalue weighted by Gasteiger charge is 2.46. The van der Waals surface area contributed by atoms with Crippen molar-refractivity contribution < 1.29 is 0 Å². The highest BCUT2D eigenvalue weighted by Crippen LogP contribution is 2.39. The zero-order valence-corrected chi connectivity index (χ0v) is 10.9. The van der Waals surface area contributed by atoms with Crippen molar-refractivity contribution in [2.75, 3.05) is 39.3 Å². The second-order valence-electron chi connectivity index (χ2n) is 5.82. The zero-order valence-electron chi connectivity index (χ0n) is 10.9. The van der Waals surface area contributed by atoms with Crippen molar-refractivity contribution in [3.8, 4) is 0 Å². The summed E-state index contributed by atoms with van der Waals surface area (Å²) in [5, 5.41) is 0. The lowest BCUT2D eigenvalue weighted by Gasteiger charge is -2.48. The molecule has 2 aliphatic heterocycles. The Hall–Kier alpha value is -0.970. The van der Waals surface area contributed by atoms with Crippen molar-refractivity contribution in [3.63, 3.8) is 0 Å². The van der Waals surface area contributed by atoms with Crippen LogP contribution in [0.4, 0.5) is 0 Å². The standard InChI is InChI=1S/C14H22N4/c15-4-7-18-11-14(12-18)3-6-17(10-14)9-13-2-1-5-16-8-13/h1-2,5,8H,3-4,6-7,9-12,15H2. The van der Waals surface area contributed by atoms with Crippen molar-refractivity contribution in [1.82, 2.24) is 14.8 Å². The van der Waals surface area contributed by atoms with E-state index in [-0.39, 0.29) is 0 Å². The molecule has 3 heterocycles. The number of aromatic nitrogens is 1. The van der Waals surface area contributed by atoms with Crippen LogP contribution in [0.3, 0.4) is 0 Å². The second kappa shape index (κ2) is 4.96. The summed E-state index contributed by atoms with van der Waals surface area (Å²) in [5.74, 6) is 0. The van der Waals surface area contributed by atoms with Crippen LogP contribution in [0.2, 0.25) is 0 Å². The normalized spacial score (nSPS) is 23.4. The lowest BCUT2D eigenvalue weighted by molar-refractivity contribution is 0.0106. The van der Waals surface area contributed by atoms with Crippen molar-refractivity contribution in [2.45, 2.75) is 13.0 Å². The molecular weight excluding hydrogens is 224 g/mol. The van der Waals surface area contributed by atoms with E-state index in [1.807, 2.05) is 18.5 Å². The maximum absolute atomic E-state index is 5.60. The number of pyridine rings is 1. The van der Waals surface area contributed by atoms with E-state index in [1.165, 1.54) is 38.2 Å². The molecule has 2 aliphatic rings. The van der Waals surface area contributed by atoms with E-state index in [0.717, 1.165) is 19.6 Å². The van der Waals surface area contributed by atoms with Crippen molar-refractivity contribution in [1.29, 1.82) is 0 Å². The van der Waals surface area contributed by atoms with Gasteiger partial charge in [-0.25, -0.2) is 0 Å². The number of nitrogens with zero attached hydrogens (tertiary/aromatic N) is 3. The molecule has 0 unspecified atom stereocenters. The minimum absolute atomic E-state index is 0.567. The molecule has 18 heavy (non-hydrogen) atoms. The molecule has 0 bridgehead atoms. The van der Waals surface area contributed by atoms with E-state index in [2.05, 4.69) is 20.9 Å². The number of likely N-dealkylation sites (tertiary alicyclic amines) is 2. The monoisotopic (exact) mass is 246 g/mol. The molecule has 4 nitrogen and oxygen atoms in total. The van der Waals surface area contributed by atoms with Gasteiger partial charge in [0.25, 0.3) is 0 Å². The molecule has 0 aromatic carbocycles. The molecule has 3 rings (SSSR count). The quantitative estimate of drug-likeness (QED) is 0.842. The molecule has 1 spiro atoms. The van der Waals surface area contributed by atoms with Gasteiger partial charge in [0.2, 0.25) is 0 Å². The molecule has 0 atom stereocenters. The summed E-state index contributed by atoms with van der Waals surface area (Å²) in [6.45, 7) is 7.85. The van der Waals surface area contributed by atoms with Crippen molar-refractivity contribution in [3.05, 3.63) is 30.1 Å². The minimum atomic E-state index is 0.567. The van der Waals surface area contributed by atoms with Crippen LogP contribution in [-0.4, -0.2) is 54.1 Å². The van der Waals surface area contributed by atoms with Gasteiger partial charge in [0, 0.05) is 57.1 Å². The van der Waals surface area contributed by atoms with Gasteiger partial charge in [-0.05, 0) is 24.6 Å². The Labute approximate surface area is 109 Å². The van der Waals surface area contributed by atoms with Crippen LogP contribution in [0.1, 0.15) is 12.0 Å². The van der Waals surface area contributed by atoms with Gasteiger partial charge < -0.3 is 10.6 Å². The van der Waals surface area contributed by atoms with Crippen LogP contribution in [0.15, 0.2) is 24.5 Å². The van der Waals surface area contributed by atoms with Crippen molar-refractivity contribution in [2.24, 2.45) is 11.1 Å². The van der Waals surface area contributed by atoms with Gasteiger partial charge in [0.15, 0.2) is 0 Å². The molecular formula is C14H22N4. The lowest BCUT2D eigenvalue weighted by atomic mass is 9.79. The number of nitrogens with two attached hydrogens (primary N) is 1. The molecule has 1 aromatic heterocycles. The molecule has 0 saturated carbocycles. The molecule has 0 aliphatic carbocycles. The van der Waals surface area contributed by atoms with Crippen LogP contribution < -0.4 is 5.73 Å². The maximum atomic E-state index is 5.60. The first-order valence-corrected chi connectivity index (χ1v) is 6.83. The molecule has 1 aromatic rings. The highest BCUT2D eigenvalue weighted by molar-refractivity contribution is 5.10. The zero-order chi connectivity index (χ0) is 12.4. The average molecular weight is 246 g/mol. The summed E-state index contributed by atoms with van der Waals surface area (Å²) in [7, 11) is 0. The van der Waals surface area contributed by atoms with Crippen LogP contribution in [0.25, 0.3) is 0 Å². The van der Waals surface area contributed by atoms with Gasteiger partial charge in [0.05, 0.1) is 0 Å². The Kier molecular flexibility index (Phi) is 3.33. The first-order valence-electron chi connectivity index (χ1n) is 6.83. The predicted octanol–water partition coefficient (Wildman–Crippen LogP) is 0.548. The minimum Gasteiger partial charge on any atom is -0.329 e. The largest absolute Gasteiger partial charge is 0.329 e. The number of hydrogen-bond acceptors (Lipinski definition) is 4. The SMILES string of the molecule is NCCN1CC2(CCN(Cc3cccnc3)C2)C1. The van der Waals surface area contributed by atoms with E-state index in [4.69, 9.17) is 5.73 Å². The van der Waals surface area contributed by atoms with Gasteiger partial charge >= 0.3 is 0 Å². The smallest absolute Gasteiger partial charge is 0.0312 e. The van der Waals surface area contributed by atoms with Crippen LogP contribution in [0.5, 0.6) is 0 Å². The third-order valence-electron chi connectivity index (χ3n) is 4.21. The Bertz CT molecular complexity index is 386. The third-order valence-corrected chi connectivity index (χ3v) is 4.21. The van der Waals surface area contributed by atoms with E-state index in [9.17, 15) is 0 Å². The van der Waals surface area contributed by atoms with E-state index in [1.54, 1.807) is 0 Å². The number of hydrogen-bond donors (Lipinski definition) is 1. The molecule has 4 heteroatoms. The van der Waals surface area contributed by atoms with Gasteiger partial charge in [-0.3, -0.25) is 9.88 Å². The van der Waals surface area contributed by atoms with Crippen LogP contribution >= 0.6 is 0 Å². The van der Waals surface area contributed by atoms with Gasteiger partial charge in [-0.2, -0.15) is 0 Å². The second-order valence-corrected chi connectivity index (χ2v) is 5.82. The first-order chi connectivity index (χ1) is 8.80. The highest BCUT2D eigenvalue weighted by atomic mass is 15.3. The maximum Gasteiger partial charge on any atom is 0.0312 e.